The number of nitrogens with zero attached hydrogens (tertiary/aromatic N) is 1. The standard InChI is InChI=1S/C36H45FN2O7Si/c1-35(2,3)47(6,7)46-32-29(45-33(31(32)37)39-22-21-30(40)38-34(39)41)23-44-36(24-11-9-8-10-12-24,25-13-17-27(42-4)18-14-25)26-15-19-28(43-5)20-16-26/h8-22,29,31-34,41H,23H2,1-7H3,(H,38,40)/t29-,31+,32?,33-,34?/m1/s1. The lowest BCUT2D eigenvalue weighted by Gasteiger charge is -2.41. The average molecular weight is 665 g/mol. The first kappa shape index (κ1) is 34.6. The van der Waals surface area contributed by atoms with Crippen molar-refractivity contribution in [3.05, 3.63) is 108 Å². The third-order valence-electron chi connectivity index (χ3n) is 9.39. The SMILES string of the molecule is COc1ccc(C(OC[C@H]2O[C@@H](N3C=CC(=O)NC3O)[C@@H](F)C2O[Si](C)(C)C(C)(C)C)(c2ccccc2)c2ccc(OC)cc2)cc1. The molecule has 2 unspecified atom stereocenters. The first-order chi connectivity index (χ1) is 22.3. The number of carbonyl (C=O) groups excluding carboxylic acids is 1. The largest absolute Gasteiger partial charge is 0.497 e. The Morgan fingerprint density at radius 2 is 1.43 bits per heavy atom. The highest BCUT2D eigenvalue weighted by Gasteiger charge is 2.54. The number of aliphatic hydroxyl groups excluding tert-OH is 1. The molecule has 2 heterocycles. The van der Waals surface area contributed by atoms with Crippen LogP contribution in [0.2, 0.25) is 18.1 Å². The quantitative estimate of drug-likeness (QED) is 0.200. The Morgan fingerprint density at radius 3 is 1.91 bits per heavy atom. The smallest absolute Gasteiger partial charge is 0.248 e. The van der Waals surface area contributed by atoms with Gasteiger partial charge in [-0.05, 0) is 59.1 Å². The number of methoxy groups -OCH3 is 2. The second-order valence-electron chi connectivity index (χ2n) is 13.3. The van der Waals surface area contributed by atoms with Gasteiger partial charge in [-0.25, -0.2) is 4.39 Å². The van der Waals surface area contributed by atoms with E-state index in [0.717, 1.165) is 16.7 Å². The summed E-state index contributed by atoms with van der Waals surface area (Å²) in [4.78, 5) is 13.1. The van der Waals surface area contributed by atoms with Crippen LogP contribution in [-0.4, -0.2) is 76.0 Å². The lowest BCUT2D eigenvalue weighted by atomic mass is 9.80. The third-order valence-corrected chi connectivity index (χ3v) is 13.9. The molecule has 0 bridgehead atoms. The molecule has 11 heteroatoms. The van der Waals surface area contributed by atoms with Gasteiger partial charge in [0.25, 0.3) is 0 Å². The number of benzene rings is 3. The van der Waals surface area contributed by atoms with Crippen molar-refractivity contribution in [2.75, 3.05) is 20.8 Å². The molecule has 5 atom stereocenters. The fourth-order valence-electron chi connectivity index (χ4n) is 5.72. The molecular weight excluding hydrogens is 619 g/mol. The predicted molar refractivity (Wildman–Crippen MR) is 179 cm³/mol. The van der Waals surface area contributed by atoms with Crippen LogP contribution in [0.25, 0.3) is 0 Å². The number of carbonyl (C=O) groups is 1. The van der Waals surface area contributed by atoms with Crippen LogP contribution >= 0.6 is 0 Å². The van der Waals surface area contributed by atoms with Crippen LogP contribution in [0.1, 0.15) is 37.5 Å². The number of nitrogens with one attached hydrogen (secondary N) is 1. The molecule has 252 valence electrons. The summed E-state index contributed by atoms with van der Waals surface area (Å²) in [6.45, 7) is 10.3. The van der Waals surface area contributed by atoms with Crippen LogP contribution in [0.3, 0.4) is 0 Å². The molecule has 3 aromatic carbocycles. The summed E-state index contributed by atoms with van der Waals surface area (Å²) in [5.74, 6) is 0.897. The van der Waals surface area contributed by atoms with Crippen molar-refractivity contribution in [1.82, 2.24) is 10.2 Å². The highest BCUT2D eigenvalue weighted by Crippen LogP contribution is 2.44. The van der Waals surface area contributed by atoms with E-state index in [9.17, 15) is 9.90 Å². The van der Waals surface area contributed by atoms with Crippen LogP contribution in [0.4, 0.5) is 4.39 Å². The molecule has 0 saturated carbocycles. The zero-order valence-corrected chi connectivity index (χ0v) is 29.0. The lowest BCUT2D eigenvalue weighted by molar-refractivity contribution is -0.153. The van der Waals surface area contributed by atoms with Gasteiger partial charge in [-0.15, -0.1) is 0 Å². The first-order valence-electron chi connectivity index (χ1n) is 15.7. The topological polar surface area (TPSA) is 98.7 Å². The van der Waals surface area contributed by atoms with Crippen LogP contribution < -0.4 is 14.8 Å². The Kier molecular flexibility index (Phi) is 10.1. The second-order valence-corrected chi connectivity index (χ2v) is 18.1. The fourth-order valence-corrected chi connectivity index (χ4v) is 7.03. The molecule has 0 aliphatic carbocycles. The van der Waals surface area contributed by atoms with E-state index in [0.29, 0.717) is 11.5 Å². The Bertz CT molecular complexity index is 1480. The number of amides is 1. The summed E-state index contributed by atoms with van der Waals surface area (Å²) >= 11 is 0. The van der Waals surface area contributed by atoms with Gasteiger partial charge in [0.05, 0.1) is 20.8 Å². The number of aliphatic hydroxyl groups is 1. The minimum Gasteiger partial charge on any atom is -0.497 e. The van der Waals surface area contributed by atoms with Crippen LogP contribution in [0.5, 0.6) is 11.5 Å². The fraction of sp³-hybridized carbons (Fsp3) is 0.417. The van der Waals surface area contributed by atoms with Crippen molar-refractivity contribution in [3.63, 3.8) is 0 Å². The van der Waals surface area contributed by atoms with E-state index in [1.54, 1.807) is 14.2 Å². The van der Waals surface area contributed by atoms with Gasteiger partial charge in [-0.3, -0.25) is 4.79 Å². The lowest BCUT2D eigenvalue weighted by Crippen LogP contribution is -2.55. The van der Waals surface area contributed by atoms with E-state index in [1.165, 1.54) is 17.2 Å². The number of hydrogen-bond acceptors (Lipinski definition) is 8. The zero-order valence-electron chi connectivity index (χ0n) is 28.0. The maximum atomic E-state index is 16.6. The Hall–Kier alpha value is -3.74. The van der Waals surface area contributed by atoms with Crippen LogP contribution in [0.15, 0.2) is 91.1 Å². The molecule has 1 amide bonds. The number of ether oxygens (including phenoxy) is 4. The summed E-state index contributed by atoms with van der Waals surface area (Å²) < 4.78 is 47.7. The Labute approximate surface area is 277 Å². The van der Waals surface area contributed by atoms with Gasteiger partial charge in [0, 0.05) is 12.3 Å². The Balaban J connectivity index is 1.59. The van der Waals surface area contributed by atoms with Crippen molar-refractivity contribution >= 4 is 14.2 Å². The van der Waals surface area contributed by atoms with Crippen LogP contribution in [0, 0.1) is 0 Å². The van der Waals surface area contributed by atoms with Gasteiger partial charge >= 0.3 is 0 Å². The summed E-state index contributed by atoms with van der Waals surface area (Å²) in [6.07, 6.45) is -3.69. The van der Waals surface area contributed by atoms with Gasteiger partial charge in [-0.1, -0.05) is 75.4 Å². The van der Waals surface area contributed by atoms with E-state index in [-0.39, 0.29) is 11.6 Å². The van der Waals surface area contributed by atoms with Gasteiger partial charge in [-0.2, -0.15) is 0 Å². The third kappa shape index (κ3) is 6.95. The number of hydrogen-bond donors (Lipinski definition) is 2. The summed E-state index contributed by atoms with van der Waals surface area (Å²) in [5, 5.41) is 12.8. The molecule has 2 aliphatic rings. The van der Waals surface area contributed by atoms with Crippen molar-refractivity contribution in [3.8, 4) is 11.5 Å². The molecule has 0 spiro atoms. The molecule has 0 aromatic heterocycles. The highest BCUT2D eigenvalue weighted by molar-refractivity contribution is 6.74. The van der Waals surface area contributed by atoms with Gasteiger partial charge in [0.15, 0.2) is 20.7 Å². The van der Waals surface area contributed by atoms with E-state index in [2.05, 4.69) is 39.2 Å². The van der Waals surface area contributed by atoms with Crippen molar-refractivity contribution in [1.29, 1.82) is 0 Å². The number of alkyl halides is 1. The summed E-state index contributed by atoms with van der Waals surface area (Å²) in [7, 11) is 0.708. The highest BCUT2D eigenvalue weighted by atomic mass is 28.4. The van der Waals surface area contributed by atoms with Crippen LogP contribution in [-0.2, 0) is 24.3 Å². The minimum atomic E-state index is -2.52. The van der Waals surface area contributed by atoms with E-state index in [4.69, 9.17) is 23.4 Å². The molecule has 5 rings (SSSR count). The van der Waals surface area contributed by atoms with Gasteiger partial charge in [0.1, 0.15) is 29.3 Å². The molecule has 9 nitrogen and oxygen atoms in total. The summed E-state index contributed by atoms with van der Waals surface area (Å²) in [5.41, 5.74) is 1.33. The maximum Gasteiger partial charge on any atom is 0.248 e. The maximum absolute atomic E-state index is 16.6. The van der Waals surface area contributed by atoms with E-state index in [1.807, 2.05) is 78.9 Å². The monoisotopic (exact) mass is 664 g/mol. The average Bonchev–Trinajstić information content (AvgIpc) is 3.35. The molecule has 47 heavy (non-hydrogen) atoms. The molecule has 1 saturated heterocycles. The number of halogens is 1. The predicted octanol–water partition coefficient (Wildman–Crippen LogP) is 5.69. The van der Waals surface area contributed by atoms with Crippen molar-refractivity contribution < 1.29 is 37.7 Å². The first-order valence-corrected chi connectivity index (χ1v) is 18.6. The minimum absolute atomic E-state index is 0.0663. The van der Waals surface area contributed by atoms with E-state index >= 15 is 4.39 Å². The molecule has 2 aliphatic heterocycles. The molecule has 3 aromatic rings. The molecular formula is C36H45FN2O7Si. The zero-order chi connectivity index (χ0) is 34.0. The number of rotatable bonds is 11. The summed E-state index contributed by atoms with van der Waals surface area (Å²) in [6, 6.07) is 25.1. The van der Waals surface area contributed by atoms with Crippen molar-refractivity contribution in [2.24, 2.45) is 0 Å². The van der Waals surface area contributed by atoms with Crippen molar-refractivity contribution in [2.45, 2.75) is 75.5 Å². The Morgan fingerprint density at radius 1 is 0.894 bits per heavy atom. The molecule has 1 fully saturated rings. The van der Waals surface area contributed by atoms with Gasteiger partial charge in [0.2, 0.25) is 12.3 Å². The second kappa shape index (κ2) is 13.8. The van der Waals surface area contributed by atoms with Gasteiger partial charge < -0.3 is 38.7 Å². The molecule has 0 radical (unpaired) electrons. The normalized spacial score (nSPS) is 23.5. The molecule has 2 N–H and O–H groups in total. The van der Waals surface area contributed by atoms with E-state index < -0.39 is 50.8 Å².